The first-order valence-corrected chi connectivity index (χ1v) is 11.9. The summed E-state index contributed by atoms with van der Waals surface area (Å²) in [5.74, 6) is 1.99. The largest absolute Gasteiger partial charge is 0.468 e. The molecule has 0 amide bonds. The molecule has 3 aliphatic heterocycles. The number of ether oxygens (including phenoxy) is 1. The van der Waals surface area contributed by atoms with E-state index in [9.17, 15) is 0 Å². The van der Waals surface area contributed by atoms with Crippen LogP contribution in [0.15, 0.2) is 58.1 Å². The van der Waals surface area contributed by atoms with Crippen molar-refractivity contribution in [2.24, 2.45) is 4.99 Å². The predicted octanol–water partition coefficient (Wildman–Crippen LogP) is 3.20. The molecule has 3 saturated heterocycles. The van der Waals surface area contributed by atoms with E-state index in [0.29, 0.717) is 6.04 Å². The zero-order valence-electron chi connectivity index (χ0n) is 19.4. The monoisotopic (exact) mass is 565 g/mol. The van der Waals surface area contributed by atoms with E-state index >= 15 is 0 Å². The molecule has 0 radical (unpaired) electrons. The van der Waals surface area contributed by atoms with Crippen LogP contribution in [0, 0.1) is 0 Å². The van der Waals surface area contributed by atoms with E-state index in [2.05, 4.69) is 61.4 Å². The number of rotatable bonds is 6. The van der Waals surface area contributed by atoms with Crippen molar-refractivity contribution in [3.63, 3.8) is 0 Å². The number of aliphatic imine (C=N–C) groups is 1. The normalized spacial score (nSPS) is 25.0. The lowest BCUT2D eigenvalue weighted by Crippen LogP contribution is -2.50. The zero-order chi connectivity index (χ0) is 21.8. The molecule has 4 heterocycles. The summed E-state index contributed by atoms with van der Waals surface area (Å²) >= 11 is 0. The Labute approximate surface area is 214 Å². The van der Waals surface area contributed by atoms with Gasteiger partial charge in [-0.2, -0.15) is 0 Å². The summed E-state index contributed by atoms with van der Waals surface area (Å²) in [6, 6.07) is 15.4. The maximum atomic E-state index is 6.17. The Balaban J connectivity index is 0.00000259. The molecular weight excluding hydrogens is 529 g/mol. The van der Waals surface area contributed by atoms with E-state index in [1.165, 1.54) is 18.4 Å². The molecule has 0 bridgehead atoms. The van der Waals surface area contributed by atoms with Crippen LogP contribution in [0.1, 0.15) is 30.2 Å². The number of hydrogen-bond donors (Lipinski definition) is 1. The minimum Gasteiger partial charge on any atom is -0.468 e. The van der Waals surface area contributed by atoms with Gasteiger partial charge in [0, 0.05) is 39.8 Å². The molecule has 0 aliphatic carbocycles. The standard InChI is InChI=1S/C25H35N5O2.HI/c1-26-25(27-16-21(23-10-7-14-31-23)28-11-5-6-12-28)30-18-22-24(19-30)32-15-13-29(22)17-20-8-3-2-4-9-20;/h2-4,7-10,14,21-22,24H,5-6,11-13,15-19H2,1H3,(H,26,27);1H. The van der Waals surface area contributed by atoms with Crippen molar-refractivity contribution in [1.29, 1.82) is 0 Å². The Kier molecular flexibility index (Phi) is 8.67. The summed E-state index contributed by atoms with van der Waals surface area (Å²) in [5.41, 5.74) is 1.36. The molecule has 8 heteroatoms. The molecule has 3 atom stereocenters. The highest BCUT2D eigenvalue weighted by molar-refractivity contribution is 14.0. The maximum absolute atomic E-state index is 6.17. The Morgan fingerprint density at radius 1 is 1.09 bits per heavy atom. The summed E-state index contributed by atoms with van der Waals surface area (Å²) < 4.78 is 12.0. The number of hydrogen-bond acceptors (Lipinski definition) is 5. The third-order valence-electron chi connectivity index (χ3n) is 7.06. The first-order chi connectivity index (χ1) is 15.8. The SMILES string of the molecule is CN=C(NCC(c1ccco1)N1CCCC1)N1CC2OCCN(Cc3ccccc3)C2C1.I. The van der Waals surface area contributed by atoms with Gasteiger partial charge in [0.15, 0.2) is 5.96 Å². The molecule has 3 unspecified atom stereocenters. The molecule has 3 aliphatic rings. The Morgan fingerprint density at radius 3 is 2.64 bits per heavy atom. The summed E-state index contributed by atoms with van der Waals surface area (Å²) in [4.78, 5) is 12.1. The Hall–Kier alpha value is -1.62. The summed E-state index contributed by atoms with van der Waals surface area (Å²) in [6.07, 6.45) is 4.52. The van der Waals surface area contributed by atoms with Crippen molar-refractivity contribution in [2.45, 2.75) is 37.6 Å². The molecule has 2 aromatic rings. The van der Waals surface area contributed by atoms with Crippen molar-refractivity contribution < 1.29 is 9.15 Å². The van der Waals surface area contributed by atoms with E-state index < -0.39 is 0 Å². The van der Waals surface area contributed by atoms with Gasteiger partial charge in [-0.25, -0.2) is 0 Å². The average Bonchev–Trinajstić information content (AvgIpc) is 3.60. The average molecular weight is 566 g/mol. The highest BCUT2D eigenvalue weighted by Gasteiger charge is 2.41. The van der Waals surface area contributed by atoms with Crippen molar-refractivity contribution >= 4 is 29.9 Å². The number of likely N-dealkylation sites (tertiary alicyclic amines) is 2. The first kappa shape index (κ1) is 24.5. The third kappa shape index (κ3) is 5.72. The third-order valence-corrected chi connectivity index (χ3v) is 7.06. The highest BCUT2D eigenvalue weighted by Crippen LogP contribution is 2.27. The van der Waals surface area contributed by atoms with Crippen molar-refractivity contribution in [2.75, 3.05) is 52.9 Å². The molecule has 7 nitrogen and oxygen atoms in total. The van der Waals surface area contributed by atoms with Crippen LogP contribution in [-0.4, -0.2) is 85.7 Å². The second-order valence-electron chi connectivity index (χ2n) is 9.04. The Bertz CT molecular complexity index is 872. The van der Waals surface area contributed by atoms with Gasteiger partial charge in [-0.1, -0.05) is 30.3 Å². The number of guanidine groups is 1. The van der Waals surface area contributed by atoms with Gasteiger partial charge in [-0.05, 0) is 43.6 Å². The molecule has 5 rings (SSSR count). The lowest BCUT2D eigenvalue weighted by atomic mass is 10.1. The molecule has 1 aromatic carbocycles. The van der Waals surface area contributed by atoms with Crippen LogP contribution < -0.4 is 5.32 Å². The van der Waals surface area contributed by atoms with E-state index in [4.69, 9.17) is 9.15 Å². The summed E-state index contributed by atoms with van der Waals surface area (Å²) in [6.45, 7) is 7.61. The van der Waals surface area contributed by atoms with E-state index in [1.807, 2.05) is 13.1 Å². The number of benzene rings is 1. The lowest BCUT2D eigenvalue weighted by Gasteiger charge is -2.36. The van der Waals surface area contributed by atoms with Gasteiger partial charge >= 0.3 is 0 Å². The second-order valence-corrected chi connectivity index (χ2v) is 9.04. The molecule has 0 spiro atoms. The van der Waals surface area contributed by atoms with Gasteiger partial charge < -0.3 is 19.4 Å². The number of morpholine rings is 1. The van der Waals surface area contributed by atoms with Gasteiger partial charge in [0.05, 0.1) is 31.1 Å². The van der Waals surface area contributed by atoms with E-state index in [1.54, 1.807) is 6.26 Å². The minimum atomic E-state index is 0. The lowest BCUT2D eigenvalue weighted by molar-refractivity contribution is -0.0502. The fourth-order valence-corrected chi connectivity index (χ4v) is 5.41. The highest BCUT2D eigenvalue weighted by atomic mass is 127. The number of nitrogens with one attached hydrogen (secondary N) is 1. The minimum absolute atomic E-state index is 0. The van der Waals surface area contributed by atoms with Crippen LogP contribution in [0.2, 0.25) is 0 Å². The zero-order valence-corrected chi connectivity index (χ0v) is 21.8. The van der Waals surface area contributed by atoms with Crippen LogP contribution in [-0.2, 0) is 11.3 Å². The van der Waals surface area contributed by atoms with E-state index in [-0.39, 0.29) is 36.1 Å². The van der Waals surface area contributed by atoms with Crippen LogP contribution in [0.25, 0.3) is 0 Å². The van der Waals surface area contributed by atoms with Crippen molar-refractivity contribution in [3.8, 4) is 0 Å². The maximum Gasteiger partial charge on any atom is 0.193 e. The van der Waals surface area contributed by atoms with Gasteiger partial charge in [0.25, 0.3) is 0 Å². The predicted molar refractivity (Wildman–Crippen MR) is 141 cm³/mol. The topological polar surface area (TPSA) is 56.5 Å². The summed E-state index contributed by atoms with van der Waals surface area (Å²) in [5, 5.41) is 3.65. The molecule has 180 valence electrons. The number of nitrogens with zero attached hydrogens (tertiary/aromatic N) is 4. The fraction of sp³-hybridized carbons (Fsp3) is 0.560. The van der Waals surface area contributed by atoms with Crippen LogP contribution in [0.4, 0.5) is 0 Å². The number of halogens is 1. The van der Waals surface area contributed by atoms with Crippen molar-refractivity contribution in [1.82, 2.24) is 20.0 Å². The molecule has 1 N–H and O–H groups in total. The fourth-order valence-electron chi connectivity index (χ4n) is 5.41. The second kappa shape index (κ2) is 11.7. The van der Waals surface area contributed by atoms with Gasteiger partial charge in [0.2, 0.25) is 0 Å². The quantitative estimate of drug-likeness (QED) is 0.330. The molecular formula is C25H36IN5O2. The smallest absolute Gasteiger partial charge is 0.193 e. The van der Waals surface area contributed by atoms with Gasteiger partial charge in [-0.15, -0.1) is 24.0 Å². The molecule has 1 aromatic heterocycles. The molecule has 3 fully saturated rings. The van der Waals surface area contributed by atoms with Crippen LogP contribution >= 0.6 is 24.0 Å². The Morgan fingerprint density at radius 2 is 1.91 bits per heavy atom. The first-order valence-electron chi connectivity index (χ1n) is 11.9. The molecule has 33 heavy (non-hydrogen) atoms. The van der Waals surface area contributed by atoms with Gasteiger partial charge in [-0.3, -0.25) is 14.8 Å². The number of fused-ring (bicyclic) bond motifs is 1. The summed E-state index contributed by atoms with van der Waals surface area (Å²) in [7, 11) is 1.88. The number of furan rings is 1. The molecule has 0 saturated carbocycles. The van der Waals surface area contributed by atoms with Gasteiger partial charge in [0.1, 0.15) is 5.76 Å². The van der Waals surface area contributed by atoms with Crippen LogP contribution in [0.5, 0.6) is 0 Å². The van der Waals surface area contributed by atoms with E-state index in [0.717, 1.165) is 64.1 Å². The van der Waals surface area contributed by atoms with Crippen LogP contribution in [0.3, 0.4) is 0 Å². The van der Waals surface area contributed by atoms with Crippen molar-refractivity contribution in [3.05, 3.63) is 60.1 Å².